The molecule has 25 heavy (non-hydrogen) atoms. The zero-order chi connectivity index (χ0) is 17.8. The van der Waals surface area contributed by atoms with Crippen LogP contribution in [0.1, 0.15) is 30.1 Å². The van der Waals surface area contributed by atoms with E-state index in [0.29, 0.717) is 23.3 Å². The van der Waals surface area contributed by atoms with Crippen molar-refractivity contribution in [1.29, 1.82) is 0 Å². The van der Waals surface area contributed by atoms with Gasteiger partial charge in [-0.1, -0.05) is 13.3 Å². The Hall–Kier alpha value is -2.96. The highest BCUT2D eigenvalue weighted by molar-refractivity contribution is 6.08. The van der Waals surface area contributed by atoms with E-state index < -0.39 is 17.5 Å². The van der Waals surface area contributed by atoms with Crippen LogP contribution in [-0.4, -0.2) is 22.5 Å². The first-order valence-electron chi connectivity index (χ1n) is 7.95. The molecule has 1 amide bonds. The Morgan fingerprint density at radius 3 is 2.92 bits per heavy atom. The molecule has 0 aliphatic rings. The minimum Gasteiger partial charge on any atom is -0.491 e. The lowest BCUT2D eigenvalue weighted by Gasteiger charge is -2.08. The van der Waals surface area contributed by atoms with Crippen LogP contribution < -0.4 is 10.1 Å². The van der Waals surface area contributed by atoms with Crippen molar-refractivity contribution in [3.63, 3.8) is 0 Å². The van der Waals surface area contributed by atoms with Gasteiger partial charge in [-0.05, 0) is 30.7 Å². The largest absolute Gasteiger partial charge is 0.491 e. The van der Waals surface area contributed by atoms with E-state index in [1.807, 2.05) is 6.92 Å². The lowest BCUT2D eigenvalue weighted by atomic mass is 10.2. The number of hydrogen-bond donors (Lipinski definition) is 2. The van der Waals surface area contributed by atoms with Crippen LogP contribution in [0.15, 0.2) is 36.7 Å². The van der Waals surface area contributed by atoms with E-state index in [0.717, 1.165) is 25.1 Å². The van der Waals surface area contributed by atoms with Gasteiger partial charge >= 0.3 is 0 Å². The van der Waals surface area contributed by atoms with Crippen molar-refractivity contribution in [2.24, 2.45) is 0 Å². The van der Waals surface area contributed by atoms with E-state index in [2.05, 4.69) is 15.3 Å². The summed E-state index contributed by atoms with van der Waals surface area (Å²) in [5.74, 6) is -1.51. The lowest BCUT2D eigenvalue weighted by Crippen LogP contribution is -2.12. The number of aromatic amines is 1. The molecule has 7 heteroatoms. The van der Waals surface area contributed by atoms with Crippen molar-refractivity contribution in [2.45, 2.75) is 19.8 Å². The molecule has 3 rings (SSSR count). The summed E-state index contributed by atoms with van der Waals surface area (Å²) in [6.45, 7) is 2.44. The van der Waals surface area contributed by atoms with Crippen LogP contribution in [0.4, 0.5) is 14.5 Å². The van der Waals surface area contributed by atoms with Crippen molar-refractivity contribution < 1.29 is 18.3 Å². The Labute approximate surface area is 143 Å². The lowest BCUT2D eigenvalue weighted by molar-refractivity contribution is 0.102. The van der Waals surface area contributed by atoms with Gasteiger partial charge in [-0.15, -0.1) is 0 Å². The number of H-pyrrole nitrogens is 1. The summed E-state index contributed by atoms with van der Waals surface area (Å²) in [6, 6.07) is 5.29. The number of ether oxygens (including phenoxy) is 1. The molecule has 0 unspecified atom stereocenters. The summed E-state index contributed by atoms with van der Waals surface area (Å²) in [5, 5.41) is 3.06. The second kappa shape index (κ2) is 7.29. The fourth-order valence-electron chi connectivity index (χ4n) is 2.36. The SMILES string of the molecule is CCCCOc1ccc(C(=O)Nc2c[nH]c3ncc(F)cc23)cc1F. The molecule has 0 spiro atoms. The van der Waals surface area contributed by atoms with Crippen LogP contribution >= 0.6 is 0 Å². The van der Waals surface area contributed by atoms with Crippen LogP contribution in [0.3, 0.4) is 0 Å². The number of hydrogen-bond acceptors (Lipinski definition) is 3. The van der Waals surface area contributed by atoms with Gasteiger partial charge in [0.2, 0.25) is 0 Å². The van der Waals surface area contributed by atoms with Gasteiger partial charge in [-0.3, -0.25) is 4.79 Å². The number of nitrogens with one attached hydrogen (secondary N) is 2. The summed E-state index contributed by atoms with van der Waals surface area (Å²) in [6.07, 6.45) is 4.36. The van der Waals surface area contributed by atoms with Crippen molar-refractivity contribution in [1.82, 2.24) is 9.97 Å². The number of carbonyl (C=O) groups excluding carboxylic acids is 1. The Bertz CT molecular complexity index is 908. The maximum atomic E-state index is 14.1. The third kappa shape index (κ3) is 3.76. The number of unbranched alkanes of at least 4 members (excludes halogenated alkanes) is 1. The van der Waals surface area contributed by atoms with E-state index in [1.165, 1.54) is 24.4 Å². The first-order chi connectivity index (χ1) is 12.1. The molecule has 2 heterocycles. The fraction of sp³-hybridized carbons (Fsp3) is 0.222. The van der Waals surface area contributed by atoms with Crippen LogP contribution in [0.2, 0.25) is 0 Å². The third-order valence-electron chi connectivity index (χ3n) is 3.70. The second-order valence-corrected chi connectivity index (χ2v) is 5.55. The molecule has 0 aliphatic heterocycles. The predicted molar refractivity (Wildman–Crippen MR) is 90.8 cm³/mol. The Balaban J connectivity index is 1.76. The van der Waals surface area contributed by atoms with E-state index in [1.54, 1.807) is 0 Å². The van der Waals surface area contributed by atoms with E-state index in [-0.39, 0.29) is 11.3 Å². The normalized spacial score (nSPS) is 10.8. The quantitative estimate of drug-likeness (QED) is 0.656. The van der Waals surface area contributed by atoms with E-state index >= 15 is 0 Å². The van der Waals surface area contributed by atoms with Gasteiger partial charge in [-0.2, -0.15) is 0 Å². The van der Waals surface area contributed by atoms with Crippen molar-refractivity contribution in [3.05, 3.63) is 53.9 Å². The smallest absolute Gasteiger partial charge is 0.255 e. The third-order valence-corrected chi connectivity index (χ3v) is 3.70. The Morgan fingerprint density at radius 1 is 1.32 bits per heavy atom. The van der Waals surface area contributed by atoms with E-state index in [4.69, 9.17) is 4.74 Å². The van der Waals surface area contributed by atoms with Gasteiger partial charge in [0.25, 0.3) is 5.91 Å². The number of halogens is 2. The van der Waals surface area contributed by atoms with Gasteiger partial charge in [-0.25, -0.2) is 13.8 Å². The van der Waals surface area contributed by atoms with E-state index in [9.17, 15) is 13.6 Å². The van der Waals surface area contributed by atoms with Gasteiger partial charge in [0.05, 0.1) is 18.5 Å². The number of fused-ring (bicyclic) bond motifs is 1. The monoisotopic (exact) mass is 345 g/mol. The summed E-state index contributed by atoms with van der Waals surface area (Å²) >= 11 is 0. The molecule has 0 radical (unpaired) electrons. The molecule has 0 fully saturated rings. The average Bonchev–Trinajstić information content (AvgIpc) is 2.98. The molecule has 130 valence electrons. The molecule has 5 nitrogen and oxygen atoms in total. The minimum absolute atomic E-state index is 0.114. The van der Waals surface area contributed by atoms with Crippen LogP contribution in [0, 0.1) is 11.6 Å². The minimum atomic E-state index is -0.601. The Morgan fingerprint density at radius 2 is 2.16 bits per heavy atom. The van der Waals surface area contributed by atoms with Gasteiger partial charge in [0, 0.05) is 17.1 Å². The molecule has 0 saturated heterocycles. The zero-order valence-electron chi connectivity index (χ0n) is 13.6. The number of benzene rings is 1. The molecule has 2 aromatic heterocycles. The number of carbonyl (C=O) groups is 1. The highest BCUT2D eigenvalue weighted by Crippen LogP contribution is 2.24. The first-order valence-corrected chi connectivity index (χ1v) is 7.95. The van der Waals surface area contributed by atoms with Crippen molar-refractivity contribution >= 4 is 22.6 Å². The molecular weight excluding hydrogens is 328 g/mol. The van der Waals surface area contributed by atoms with Gasteiger partial charge < -0.3 is 15.0 Å². The first kappa shape index (κ1) is 16.9. The zero-order valence-corrected chi connectivity index (χ0v) is 13.6. The fourth-order valence-corrected chi connectivity index (χ4v) is 2.36. The topological polar surface area (TPSA) is 67.0 Å². The molecule has 0 bridgehead atoms. The standard InChI is InChI=1S/C18H17F2N3O2/c1-2-3-6-25-16-5-4-11(7-14(16)20)18(24)23-15-10-22-17-13(15)8-12(19)9-21-17/h4-5,7-10H,2-3,6H2,1H3,(H,21,22)(H,23,24). The highest BCUT2D eigenvalue weighted by atomic mass is 19.1. The molecular formula is C18H17F2N3O2. The number of nitrogens with zero attached hydrogens (tertiary/aromatic N) is 1. The number of pyridine rings is 1. The molecule has 1 aromatic carbocycles. The predicted octanol–water partition coefficient (Wildman–Crippen LogP) is 4.27. The summed E-state index contributed by atoms with van der Waals surface area (Å²) in [7, 11) is 0. The molecule has 3 aromatic rings. The van der Waals surface area contributed by atoms with Crippen LogP contribution in [-0.2, 0) is 0 Å². The molecule has 0 aliphatic carbocycles. The van der Waals surface area contributed by atoms with Crippen molar-refractivity contribution in [2.75, 3.05) is 11.9 Å². The number of rotatable bonds is 6. The van der Waals surface area contributed by atoms with Crippen LogP contribution in [0.25, 0.3) is 11.0 Å². The average molecular weight is 345 g/mol. The Kier molecular flexibility index (Phi) is 4.92. The molecule has 0 atom stereocenters. The van der Waals surface area contributed by atoms with Crippen molar-refractivity contribution in [3.8, 4) is 5.75 Å². The highest BCUT2D eigenvalue weighted by Gasteiger charge is 2.13. The van der Waals surface area contributed by atoms with Crippen LogP contribution in [0.5, 0.6) is 5.75 Å². The number of amides is 1. The summed E-state index contributed by atoms with van der Waals surface area (Å²) in [5.41, 5.74) is 0.956. The number of aromatic nitrogens is 2. The number of anilines is 1. The summed E-state index contributed by atoms with van der Waals surface area (Å²) in [4.78, 5) is 19.0. The van der Waals surface area contributed by atoms with Gasteiger partial charge in [0.15, 0.2) is 11.6 Å². The van der Waals surface area contributed by atoms with Gasteiger partial charge in [0.1, 0.15) is 11.5 Å². The summed E-state index contributed by atoms with van der Waals surface area (Å²) < 4.78 is 32.7. The molecule has 2 N–H and O–H groups in total. The maximum absolute atomic E-state index is 14.1. The molecule has 0 saturated carbocycles. The maximum Gasteiger partial charge on any atom is 0.255 e. The second-order valence-electron chi connectivity index (χ2n) is 5.55.